The Hall–Kier alpha value is -1.05. The highest BCUT2D eigenvalue weighted by Gasteiger charge is 2.31. The molecule has 0 aliphatic rings. The maximum Gasteiger partial charge on any atom is 0.573 e. The first-order valence-corrected chi connectivity index (χ1v) is 5.33. The number of hydrogen-bond donors (Lipinski definition) is 0. The van der Waals surface area contributed by atoms with Gasteiger partial charge in [-0.05, 0) is 17.7 Å². The Morgan fingerprint density at radius 3 is 2.18 bits per heavy atom. The van der Waals surface area contributed by atoms with Crippen LogP contribution in [0.5, 0.6) is 11.5 Å². The zero-order valence-corrected chi connectivity index (χ0v) is 9.69. The molecule has 0 amide bonds. The number of rotatable bonds is 4. The summed E-state index contributed by atoms with van der Waals surface area (Å²) in [7, 11) is 0. The second kappa shape index (κ2) is 5.52. The van der Waals surface area contributed by atoms with Crippen molar-refractivity contribution in [2.75, 3.05) is 0 Å². The van der Waals surface area contributed by atoms with Crippen LogP contribution < -0.4 is 9.47 Å². The van der Waals surface area contributed by atoms with Crippen LogP contribution in [0.2, 0.25) is 0 Å². The summed E-state index contributed by atoms with van der Waals surface area (Å²) >= 11 is 2.99. The van der Waals surface area contributed by atoms with Gasteiger partial charge in [0.15, 0.2) is 0 Å². The van der Waals surface area contributed by atoms with E-state index in [9.17, 15) is 22.0 Å². The van der Waals surface area contributed by atoms with E-state index in [0.29, 0.717) is 5.56 Å². The molecule has 2 nitrogen and oxygen atoms in total. The van der Waals surface area contributed by atoms with Crippen LogP contribution in [-0.4, -0.2) is 13.0 Å². The van der Waals surface area contributed by atoms with Crippen molar-refractivity contribution in [1.82, 2.24) is 0 Å². The molecule has 0 heterocycles. The fraction of sp³-hybridized carbons (Fsp3) is 0.333. The van der Waals surface area contributed by atoms with Crippen molar-refractivity contribution in [2.45, 2.75) is 18.3 Å². The van der Waals surface area contributed by atoms with Gasteiger partial charge >= 0.3 is 13.0 Å². The Morgan fingerprint density at radius 2 is 1.71 bits per heavy atom. The Morgan fingerprint density at radius 1 is 1.12 bits per heavy atom. The first-order valence-electron chi connectivity index (χ1n) is 4.20. The highest BCUT2D eigenvalue weighted by Crippen LogP contribution is 2.29. The van der Waals surface area contributed by atoms with Gasteiger partial charge in [-0.15, -0.1) is 13.2 Å². The molecule has 8 heteroatoms. The lowest BCUT2D eigenvalue weighted by atomic mass is 10.2. The van der Waals surface area contributed by atoms with Crippen molar-refractivity contribution in [3.63, 3.8) is 0 Å². The van der Waals surface area contributed by atoms with E-state index < -0.39 is 24.5 Å². The molecule has 0 aromatic heterocycles. The topological polar surface area (TPSA) is 18.5 Å². The maximum absolute atomic E-state index is 11.9. The van der Waals surface area contributed by atoms with Crippen molar-refractivity contribution in [3.8, 4) is 11.5 Å². The highest BCUT2D eigenvalue weighted by atomic mass is 79.9. The molecule has 0 bridgehead atoms. The highest BCUT2D eigenvalue weighted by molar-refractivity contribution is 9.08. The molecule has 17 heavy (non-hydrogen) atoms. The van der Waals surface area contributed by atoms with Gasteiger partial charge in [0.05, 0.1) is 0 Å². The molecule has 96 valence electrons. The Balaban J connectivity index is 2.97. The summed E-state index contributed by atoms with van der Waals surface area (Å²) in [5, 5.41) is 0.182. The standard InChI is InChI=1S/C9H6BrF5O2/c10-4-5-1-6(16-8(11)12)3-7(2-5)17-9(13,14)15/h1-3,8H,4H2. The molecule has 0 saturated heterocycles. The van der Waals surface area contributed by atoms with Crippen molar-refractivity contribution >= 4 is 15.9 Å². The summed E-state index contributed by atoms with van der Waals surface area (Å²) in [4.78, 5) is 0. The summed E-state index contributed by atoms with van der Waals surface area (Å²) < 4.78 is 67.3. The molecular weight excluding hydrogens is 315 g/mol. The molecule has 1 rings (SSSR count). The van der Waals surface area contributed by atoms with Crippen LogP contribution in [-0.2, 0) is 5.33 Å². The minimum atomic E-state index is -4.88. The third-order valence-electron chi connectivity index (χ3n) is 1.55. The zero-order chi connectivity index (χ0) is 13.1. The van der Waals surface area contributed by atoms with Crippen molar-refractivity contribution < 1.29 is 31.4 Å². The Kier molecular flexibility index (Phi) is 4.55. The second-order valence-corrected chi connectivity index (χ2v) is 3.43. The minimum absolute atomic E-state index is 0.182. The molecule has 0 radical (unpaired) electrons. The predicted molar refractivity (Wildman–Crippen MR) is 52.4 cm³/mol. The van der Waals surface area contributed by atoms with Crippen molar-refractivity contribution in [2.24, 2.45) is 0 Å². The Labute approximate surface area is 101 Å². The van der Waals surface area contributed by atoms with Gasteiger partial charge in [0.2, 0.25) is 0 Å². The first-order chi connectivity index (χ1) is 7.80. The van der Waals surface area contributed by atoms with Crippen LogP contribution >= 0.6 is 15.9 Å². The van der Waals surface area contributed by atoms with E-state index in [0.717, 1.165) is 12.1 Å². The Bertz CT molecular complexity index is 380. The van der Waals surface area contributed by atoms with Gasteiger partial charge < -0.3 is 9.47 Å². The van der Waals surface area contributed by atoms with Crippen LogP contribution in [0.4, 0.5) is 22.0 Å². The van der Waals surface area contributed by atoms with Crippen LogP contribution in [0.3, 0.4) is 0 Å². The largest absolute Gasteiger partial charge is 0.573 e. The number of hydrogen-bond acceptors (Lipinski definition) is 2. The SMILES string of the molecule is FC(F)Oc1cc(CBr)cc(OC(F)(F)F)c1. The molecule has 1 aromatic carbocycles. The summed E-state index contributed by atoms with van der Waals surface area (Å²) in [5.74, 6) is -0.999. The third-order valence-corrected chi connectivity index (χ3v) is 2.20. The van der Waals surface area contributed by atoms with Gasteiger partial charge in [-0.2, -0.15) is 8.78 Å². The van der Waals surface area contributed by atoms with E-state index in [1.54, 1.807) is 0 Å². The lowest BCUT2D eigenvalue weighted by Crippen LogP contribution is -2.17. The van der Waals surface area contributed by atoms with Gasteiger partial charge in [0.25, 0.3) is 0 Å². The van der Waals surface area contributed by atoms with E-state index in [2.05, 4.69) is 25.4 Å². The number of halogens is 6. The van der Waals surface area contributed by atoms with Crippen molar-refractivity contribution in [1.29, 1.82) is 0 Å². The average Bonchev–Trinajstić information content (AvgIpc) is 2.13. The number of benzene rings is 1. The fourth-order valence-corrected chi connectivity index (χ4v) is 1.40. The van der Waals surface area contributed by atoms with Gasteiger partial charge in [0, 0.05) is 11.4 Å². The molecule has 0 saturated carbocycles. The molecule has 0 fully saturated rings. The minimum Gasteiger partial charge on any atom is -0.435 e. The molecule has 1 aromatic rings. The summed E-state index contributed by atoms with van der Waals surface area (Å²) in [6.07, 6.45) is -4.88. The molecular formula is C9H6BrF5O2. The molecule has 0 unspecified atom stereocenters. The van der Waals surface area contributed by atoms with Gasteiger partial charge in [-0.3, -0.25) is 0 Å². The molecule has 0 spiro atoms. The summed E-state index contributed by atoms with van der Waals surface area (Å²) in [5.41, 5.74) is 0.322. The van der Waals surface area contributed by atoms with E-state index in [4.69, 9.17) is 0 Å². The smallest absolute Gasteiger partial charge is 0.435 e. The quantitative estimate of drug-likeness (QED) is 0.614. The fourth-order valence-electron chi connectivity index (χ4n) is 1.07. The lowest BCUT2D eigenvalue weighted by molar-refractivity contribution is -0.274. The van der Waals surface area contributed by atoms with Crippen molar-refractivity contribution in [3.05, 3.63) is 23.8 Å². The average molecular weight is 321 g/mol. The predicted octanol–water partition coefficient (Wildman–Crippen LogP) is 4.08. The molecule has 0 N–H and O–H groups in total. The monoisotopic (exact) mass is 320 g/mol. The third kappa shape index (κ3) is 5.20. The van der Waals surface area contributed by atoms with Gasteiger partial charge in [-0.25, -0.2) is 0 Å². The van der Waals surface area contributed by atoms with Crippen LogP contribution in [0, 0.1) is 0 Å². The van der Waals surface area contributed by atoms with E-state index in [1.807, 2.05) is 0 Å². The summed E-state index contributed by atoms with van der Waals surface area (Å²) in [6, 6.07) is 3.00. The normalized spacial score (nSPS) is 11.7. The van der Waals surface area contributed by atoms with Crippen LogP contribution in [0.1, 0.15) is 5.56 Å². The zero-order valence-electron chi connectivity index (χ0n) is 8.10. The van der Waals surface area contributed by atoms with Gasteiger partial charge in [-0.1, -0.05) is 15.9 Å². The summed E-state index contributed by atoms with van der Waals surface area (Å²) in [6.45, 7) is -3.11. The van der Waals surface area contributed by atoms with Gasteiger partial charge in [0.1, 0.15) is 11.5 Å². The van der Waals surface area contributed by atoms with E-state index in [-0.39, 0.29) is 5.33 Å². The lowest BCUT2D eigenvalue weighted by Gasteiger charge is -2.12. The van der Waals surface area contributed by atoms with E-state index in [1.165, 1.54) is 6.07 Å². The van der Waals surface area contributed by atoms with E-state index >= 15 is 0 Å². The molecule has 0 atom stereocenters. The molecule has 0 aliphatic carbocycles. The number of alkyl halides is 6. The number of ether oxygens (including phenoxy) is 2. The second-order valence-electron chi connectivity index (χ2n) is 2.87. The first kappa shape index (κ1) is 14.0. The maximum atomic E-state index is 11.9. The van der Waals surface area contributed by atoms with Crippen LogP contribution in [0.15, 0.2) is 18.2 Å². The molecule has 0 aliphatic heterocycles. The van der Waals surface area contributed by atoms with Crippen LogP contribution in [0.25, 0.3) is 0 Å².